The minimum atomic E-state index is -8.93. The molecule has 0 aliphatic carbocycles. The third-order valence-corrected chi connectivity index (χ3v) is 9.60. The Labute approximate surface area is 64.7 Å². The van der Waals surface area contributed by atoms with Crippen LogP contribution in [-0.4, -0.2) is 52.7 Å². The second-order valence-electron chi connectivity index (χ2n) is 2.61. The Morgan fingerprint density at radius 3 is 0.909 bits per heavy atom. The molecule has 0 radical (unpaired) electrons. The zero-order chi connectivity index (χ0) is 9.56. The van der Waals surface area contributed by atoms with E-state index in [-0.39, 0.29) is 6.30 Å². The van der Waals surface area contributed by atoms with Crippen molar-refractivity contribution in [2.45, 2.75) is 0 Å². The average molecular weight is 292 g/mol. The van der Waals surface area contributed by atoms with Gasteiger partial charge >= 0.3 is 64.3 Å². The molecule has 0 spiro atoms. The van der Waals surface area contributed by atoms with Crippen molar-refractivity contribution in [1.82, 2.24) is 6.30 Å². The quantitative estimate of drug-likeness (QED) is 0.559. The molecule has 7 heteroatoms. The van der Waals surface area contributed by atoms with Gasteiger partial charge in [-0.1, -0.05) is 0 Å². The van der Waals surface area contributed by atoms with Crippen molar-refractivity contribution in [1.29, 1.82) is 0 Å². The molecule has 0 unspecified atom stereocenters. The van der Waals surface area contributed by atoms with Crippen molar-refractivity contribution >= 4 is 18.3 Å². The number of hydrogen-bond acceptors (Lipinski definition) is 2. The maximum atomic E-state index is 12.8. The Hall–Kier alpha value is 0.430. The van der Waals surface area contributed by atoms with Gasteiger partial charge in [0.15, 0.2) is 0 Å². The molecule has 0 aliphatic rings. The van der Waals surface area contributed by atoms with Crippen molar-refractivity contribution in [3.8, 4) is 0 Å². The van der Waals surface area contributed by atoms with E-state index in [1.54, 1.807) is 0 Å². The first kappa shape index (κ1) is 11.4. The molecule has 2 nitrogen and oxygen atoms in total. The molecular weight excluding hydrogens is 280 g/mol. The molecule has 0 heterocycles. The molecule has 0 amide bonds. The van der Waals surface area contributed by atoms with E-state index < -0.39 is 18.3 Å². The van der Waals surface area contributed by atoms with E-state index in [1.165, 1.54) is 0 Å². The van der Waals surface area contributed by atoms with Gasteiger partial charge in [-0.2, -0.15) is 0 Å². The Kier molecular flexibility index (Phi) is 2.10. The Bertz CT molecular complexity index is 155. The zero-order valence-electron chi connectivity index (χ0n) is 6.81. The first-order chi connectivity index (χ1) is 4.41. The molecule has 0 saturated heterocycles. The van der Waals surface area contributed by atoms with Crippen LogP contribution in [0, 0.1) is 0 Å². The predicted octanol–water partition coefficient (Wildman–Crippen LogP) is 1.32. The fourth-order valence-corrected chi connectivity index (χ4v) is 2.19. The van der Waals surface area contributed by atoms with Crippen LogP contribution in [0.15, 0.2) is 0 Å². The molecule has 0 aromatic heterocycles. The fourth-order valence-electron chi connectivity index (χ4n) is 0.327. The van der Waals surface area contributed by atoms with E-state index in [1.807, 2.05) is 0 Å². The van der Waals surface area contributed by atoms with Gasteiger partial charge in [0.25, 0.3) is 0 Å². The summed E-state index contributed by atoms with van der Waals surface area (Å²) in [6, 6.07) is 0. The molecule has 0 aliphatic heterocycles. The predicted molar refractivity (Wildman–Crippen MR) is 37.6 cm³/mol. The molecule has 0 aromatic rings. The molecule has 72 valence electrons. The Balaban J connectivity index is 5.19. The second kappa shape index (κ2) is 2.02. The first-order valence-electron chi connectivity index (χ1n) is 2.77. The summed E-state index contributed by atoms with van der Waals surface area (Å²) in [6.07, 6.45) is 0. The zero-order valence-corrected chi connectivity index (χ0v) is 9.14. The van der Waals surface area contributed by atoms with Crippen molar-refractivity contribution in [3.63, 3.8) is 0 Å². The molecule has 0 aromatic carbocycles. The van der Waals surface area contributed by atoms with E-state index in [4.69, 9.17) is 0 Å². The van der Waals surface area contributed by atoms with Gasteiger partial charge in [-0.05, 0) is 0 Å². The summed E-state index contributed by atoms with van der Waals surface area (Å²) in [5.74, 6) is 0. The van der Waals surface area contributed by atoms with E-state index in [0.29, 0.717) is 28.2 Å². The van der Waals surface area contributed by atoms with Gasteiger partial charge in [-0.15, -0.1) is 0 Å². The van der Waals surface area contributed by atoms with Crippen LogP contribution in [0.4, 0.5) is 11.6 Å². The molecular formula is C4H12F4N2Te. The summed E-state index contributed by atoms with van der Waals surface area (Å²) in [4.78, 5) is 0. The summed E-state index contributed by atoms with van der Waals surface area (Å²) in [5.41, 5.74) is 0. The van der Waals surface area contributed by atoms with Crippen LogP contribution in [0.5, 0.6) is 0 Å². The van der Waals surface area contributed by atoms with Crippen LogP contribution in [0.2, 0.25) is 0 Å². The normalized spacial score (nSPS) is 20.2. The van der Waals surface area contributed by atoms with Crippen molar-refractivity contribution in [2.24, 2.45) is 0 Å². The van der Waals surface area contributed by atoms with Gasteiger partial charge in [0.1, 0.15) is 0 Å². The molecule has 0 N–H and O–H groups in total. The topological polar surface area (TPSA) is 6.48 Å². The van der Waals surface area contributed by atoms with Gasteiger partial charge in [-0.25, -0.2) is 0 Å². The SMILES string of the molecule is CN(C)[Te](F)(F)(F)(F)N(C)C. The molecule has 0 atom stereocenters. The molecule has 0 rings (SSSR count). The van der Waals surface area contributed by atoms with E-state index in [0.717, 1.165) is 0 Å². The van der Waals surface area contributed by atoms with Gasteiger partial charge in [0.05, 0.1) is 0 Å². The number of rotatable bonds is 2. The summed E-state index contributed by atoms with van der Waals surface area (Å²) in [7, 11) is 2.74. The van der Waals surface area contributed by atoms with E-state index in [2.05, 4.69) is 0 Å². The third kappa shape index (κ3) is 1.78. The van der Waals surface area contributed by atoms with Crippen molar-refractivity contribution in [2.75, 3.05) is 28.2 Å². The average Bonchev–Trinajstić information content (AvgIpc) is 1.61. The Morgan fingerprint density at radius 2 is 0.909 bits per heavy atom. The maximum absolute atomic E-state index is 12.8. The standard InChI is InChI=1S/C4H12F4N2Te/c1-9(2)11(5,6,7,8)10(3)4/h1-4H3. The molecule has 0 bridgehead atoms. The van der Waals surface area contributed by atoms with Gasteiger partial charge in [0.2, 0.25) is 0 Å². The summed E-state index contributed by atoms with van der Waals surface area (Å²) in [5, 5.41) is 0. The van der Waals surface area contributed by atoms with E-state index in [9.17, 15) is 11.6 Å². The monoisotopic (exact) mass is 294 g/mol. The van der Waals surface area contributed by atoms with E-state index >= 15 is 0 Å². The van der Waals surface area contributed by atoms with Crippen LogP contribution in [-0.2, 0) is 0 Å². The third-order valence-electron chi connectivity index (χ3n) is 1.43. The van der Waals surface area contributed by atoms with Crippen molar-refractivity contribution in [3.05, 3.63) is 0 Å². The summed E-state index contributed by atoms with van der Waals surface area (Å²) >= 11 is -8.93. The van der Waals surface area contributed by atoms with Crippen LogP contribution >= 0.6 is 0 Å². The molecule has 11 heavy (non-hydrogen) atoms. The summed E-state index contributed by atoms with van der Waals surface area (Å²) < 4.78 is 50.5. The number of hydrogen-bond donors (Lipinski definition) is 0. The minimum absolute atomic E-state index is 0.248. The van der Waals surface area contributed by atoms with Crippen LogP contribution in [0.1, 0.15) is 0 Å². The first-order valence-corrected chi connectivity index (χ1v) is 8.38. The van der Waals surface area contributed by atoms with Gasteiger partial charge < -0.3 is 0 Å². The molecule has 0 fully saturated rings. The van der Waals surface area contributed by atoms with Gasteiger partial charge in [0, 0.05) is 0 Å². The summed E-state index contributed by atoms with van der Waals surface area (Å²) in [6.45, 7) is 0. The number of nitrogens with zero attached hydrogens (tertiary/aromatic N) is 2. The Morgan fingerprint density at radius 1 is 0.727 bits per heavy atom. The van der Waals surface area contributed by atoms with Crippen LogP contribution in [0.25, 0.3) is 0 Å². The fraction of sp³-hybridized carbons (Fsp3) is 1.00. The second-order valence-corrected chi connectivity index (χ2v) is 12.4. The van der Waals surface area contributed by atoms with Crippen LogP contribution in [0.3, 0.4) is 0 Å². The van der Waals surface area contributed by atoms with Crippen molar-refractivity contribution < 1.29 is 11.6 Å². The van der Waals surface area contributed by atoms with Crippen LogP contribution < -0.4 is 0 Å². The van der Waals surface area contributed by atoms with Gasteiger partial charge in [-0.3, -0.25) is 0 Å². The number of halogens is 4. The molecule has 0 saturated carbocycles.